The summed E-state index contributed by atoms with van der Waals surface area (Å²) in [4.78, 5) is 11.1. The molecule has 1 aliphatic heterocycles. The molecule has 1 atom stereocenters. The molecule has 2 N–H and O–H groups in total. The maximum absolute atomic E-state index is 13.7. The van der Waals surface area contributed by atoms with Crippen LogP contribution in [0.25, 0.3) is 11.3 Å². The molecule has 1 saturated heterocycles. The highest BCUT2D eigenvalue weighted by Gasteiger charge is 2.28. The molecular formula is C17H19F2N3O4. The van der Waals surface area contributed by atoms with Crippen molar-refractivity contribution in [3.63, 3.8) is 0 Å². The van der Waals surface area contributed by atoms with Crippen molar-refractivity contribution in [2.24, 2.45) is 12.8 Å². The van der Waals surface area contributed by atoms with Gasteiger partial charge < -0.3 is 19.9 Å². The van der Waals surface area contributed by atoms with Gasteiger partial charge in [-0.2, -0.15) is 5.10 Å². The molecule has 0 spiro atoms. The largest absolute Gasteiger partial charge is 0.440 e. The Labute approximate surface area is 148 Å². The van der Waals surface area contributed by atoms with Crippen LogP contribution in [0.5, 0.6) is 0 Å². The fourth-order valence-corrected chi connectivity index (χ4v) is 3.09. The standard InChI is InChI=1S/C17H19F2N3O4/c1-9(26-17(20)23)15-13(8-14-24-3-4-25-14)16(22(2)21-15)10-5-11(18)7-12(19)6-10/h5-7,9,14H,3-4,8H2,1-2H3,(H2,20,23)/t9-/m0/s1. The smallest absolute Gasteiger partial charge is 0.405 e. The Morgan fingerprint density at radius 1 is 1.35 bits per heavy atom. The van der Waals surface area contributed by atoms with Crippen molar-refractivity contribution in [3.8, 4) is 11.3 Å². The predicted molar refractivity (Wildman–Crippen MR) is 87.0 cm³/mol. The Morgan fingerprint density at radius 3 is 2.54 bits per heavy atom. The minimum atomic E-state index is -0.944. The highest BCUT2D eigenvalue weighted by molar-refractivity contribution is 5.67. The molecule has 2 aromatic rings. The third-order valence-electron chi connectivity index (χ3n) is 4.05. The fourth-order valence-electron chi connectivity index (χ4n) is 3.09. The Hall–Kier alpha value is -2.52. The number of nitrogens with two attached hydrogens (primary N) is 1. The first-order valence-electron chi connectivity index (χ1n) is 8.06. The summed E-state index contributed by atoms with van der Waals surface area (Å²) in [5.74, 6) is -1.41. The maximum Gasteiger partial charge on any atom is 0.405 e. The van der Waals surface area contributed by atoms with Gasteiger partial charge in [0, 0.05) is 30.7 Å². The van der Waals surface area contributed by atoms with E-state index in [1.54, 1.807) is 14.0 Å². The number of ether oxygens (including phenoxy) is 3. The van der Waals surface area contributed by atoms with E-state index in [0.717, 1.165) is 6.07 Å². The van der Waals surface area contributed by atoms with Crippen molar-refractivity contribution in [2.45, 2.75) is 25.7 Å². The van der Waals surface area contributed by atoms with E-state index >= 15 is 0 Å². The number of primary amides is 1. The molecule has 0 radical (unpaired) electrons. The average molecular weight is 367 g/mol. The van der Waals surface area contributed by atoms with Gasteiger partial charge in [-0.05, 0) is 19.1 Å². The van der Waals surface area contributed by atoms with E-state index in [4.69, 9.17) is 19.9 Å². The minimum absolute atomic E-state index is 0.281. The molecule has 7 nitrogen and oxygen atoms in total. The van der Waals surface area contributed by atoms with Gasteiger partial charge in [-0.25, -0.2) is 13.6 Å². The molecular weight excluding hydrogens is 348 g/mol. The van der Waals surface area contributed by atoms with Crippen LogP contribution in [0.15, 0.2) is 18.2 Å². The van der Waals surface area contributed by atoms with Crippen LogP contribution in [0.4, 0.5) is 13.6 Å². The van der Waals surface area contributed by atoms with Gasteiger partial charge in [0.05, 0.1) is 18.9 Å². The SMILES string of the molecule is C[C@H](OC(N)=O)c1nn(C)c(-c2cc(F)cc(F)c2)c1CC1OCCO1. The number of benzene rings is 1. The quantitative estimate of drug-likeness (QED) is 0.877. The molecule has 9 heteroatoms. The number of carbonyl (C=O) groups excluding carboxylic acids is 1. The second-order valence-electron chi connectivity index (χ2n) is 5.95. The molecule has 1 amide bonds. The van der Waals surface area contributed by atoms with Gasteiger partial charge in [0.1, 0.15) is 23.4 Å². The lowest BCUT2D eigenvalue weighted by atomic mass is 10.0. The summed E-state index contributed by atoms with van der Waals surface area (Å²) in [6, 6.07) is 3.22. The van der Waals surface area contributed by atoms with Crippen LogP contribution in [0.3, 0.4) is 0 Å². The number of hydrogen-bond donors (Lipinski definition) is 1. The van der Waals surface area contributed by atoms with E-state index in [1.165, 1.54) is 16.8 Å². The maximum atomic E-state index is 13.7. The molecule has 26 heavy (non-hydrogen) atoms. The number of hydrogen-bond acceptors (Lipinski definition) is 5. The summed E-state index contributed by atoms with van der Waals surface area (Å²) in [6.45, 7) is 2.53. The van der Waals surface area contributed by atoms with E-state index < -0.39 is 30.1 Å². The highest BCUT2D eigenvalue weighted by atomic mass is 19.1. The number of nitrogens with zero attached hydrogens (tertiary/aromatic N) is 2. The lowest BCUT2D eigenvalue weighted by molar-refractivity contribution is -0.0402. The molecule has 1 fully saturated rings. The van der Waals surface area contributed by atoms with Gasteiger partial charge in [0.2, 0.25) is 0 Å². The lowest BCUT2D eigenvalue weighted by Crippen LogP contribution is -2.18. The Kier molecular flexibility index (Phi) is 5.19. The lowest BCUT2D eigenvalue weighted by Gasteiger charge is -2.15. The van der Waals surface area contributed by atoms with Crippen LogP contribution in [0.1, 0.15) is 24.3 Å². The second kappa shape index (κ2) is 7.38. The molecule has 1 aromatic heterocycles. The number of rotatable bonds is 5. The zero-order chi connectivity index (χ0) is 18.8. The summed E-state index contributed by atoms with van der Waals surface area (Å²) in [7, 11) is 1.64. The van der Waals surface area contributed by atoms with Gasteiger partial charge in [-0.15, -0.1) is 0 Å². The third-order valence-corrected chi connectivity index (χ3v) is 4.05. The topological polar surface area (TPSA) is 88.6 Å². The monoisotopic (exact) mass is 367 g/mol. The zero-order valence-corrected chi connectivity index (χ0v) is 14.4. The molecule has 140 valence electrons. The Balaban J connectivity index is 2.09. The third kappa shape index (κ3) is 3.83. The molecule has 0 unspecified atom stereocenters. The highest BCUT2D eigenvalue weighted by Crippen LogP contribution is 2.33. The summed E-state index contributed by atoms with van der Waals surface area (Å²) >= 11 is 0. The summed E-state index contributed by atoms with van der Waals surface area (Å²) in [6.07, 6.45) is -1.93. The van der Waals surface area contributed by atoms with Crippen molar-refractivity contribution in [3.05, 3.63) is 41.1 Å². The van der Waals surface area contributed by atoms with Gasteiger partial charge in [0.25, 0.3) is 0 Å². The summed E-state index contributed by atoms with van der Waals surface area (Å²) < 4.78 is 44.9. The molecule has 0 saturated carbocycles. The number of halogens is 2. The van der Waals surface area contributed by atoms with Crippen LogP contribution in [0, 0.1) is 11.6 Å². The Morgan fingerprint density at radius 2 is 1.96 bits per heavy atom. The fraction of sp³-hybridized carbons (Fsp3) is 0.412. The van der Waals surface area contributed by atoms with Gasteiger partial charge >= 0.3 is 6.09 Å². The summed E-state index contributed by atoms with van der Waals surface area (Å²) in [5.41, 5.74) is 6.92. The van der Waals surface area contributed by atoms with E-state index in [9.17, 15) is 13.6 Å². The second-order valence-corrected chi connectivity index (χ2v) is 5.95. The van der Waals surface area contributed by atoms with Crippen molar-refractivity contribution < 1.29 is 27.8 Å². The number of amides is 1. The number of aromatic nitrogens is 2. The van der Waals surface area contributed by atoms with E-state index in [-0.39, 0.29) is 6.42 Å². The molecule has 0 bridgehead atoms. The first kappa shape index (κ1) is 18.3. The molecule has 2 heterocycles. The Bertz CT molecular complexity index is 798. The minimum Gasteiger partial charge on any atom is -0.440 e. The van der Waals surface area contributed by atoms with Crippen molar-refractivity contribution in [1.29, 1.82) is 0 Å². The molecule has 3 rings (SSSR count). The molecule has 1 aromatic carbocycles. The van der Waals surface area contributed by atoms with Gasteiger partial charge in [-0.3, -0.25) is 4.68 Å². The van der Waals surface area contributed by atoms with Crippen LogP contribution in [-0.2, 0) is 27.7 Å². The van der Waals surface area contributed by atoms with E-state index in [1.807, 2.05) is 0 Å². The first-order valence-corrected chi connectivity index (χ1v) is 8.06. The zero-order valence-electron chi connectivity index (χ0n) is 14.4. The van der Waals surface area contributed by atoms with Crippen LogP contribution >= 0.6 is 0 Å². The van der Waals surface area contributed by atoms with E-state index in [0.29, 0.717) is 35.7 Å². The first-order chi connectivity index (χ1) is 12.3. The van der Waals surface area contributed by atoms with Crippen LogP contribution in [0.2, 0.25) is 0 Å². The number of carbonyl (C=O) groups is 1. The van der Waals surface area contributed by atoms with Gasteiger partial charge in [-0.1, -0.05) is 0 Å². The predicted octanol–water partition coefficient (Wildman–Crippen LogP) is 2.44. The van der Waals surface area contributed by atoms with Crippen molar-refractivity contribution in [1.82, 2.24) is 9.78 Å². The summed E-state index contributed by atoms with van der Waals surface area (Å²) in [5, 5.41) is 4.37. The van der Waals surface area contributed by atoms with E-state index in [2.05, 4.69) is 5.10 Å². The van der Waals surface area contributed by atoms with Crippen LogP contribution in [-0.4, -0.2) is 35.4 Å². The van der Waals surface area contributed by atoms with Crippen LogP contribution < -0.4 is 5.73 Å². The van der Waals surface area contributed by atoms with Crippen molar-refractivity contribution >= 4 is 6.09 Å². The average Bonchev–Trinajstić information content (AvgIpc) is 3.14. The van der Waals surface area contributed by atoms with Gasteiger partial charge in [0.15, 0.2) is 6.29 Å². The normalized spacial score (nSPS) is 16.0. The molecule has 0 aliphatic carbocycles. The number of aryl methyl sites for hydroxylation is 1. The van der Waals surface area contributed by atoms with Crippen molar-refractivity contribution in [2.75, 3.05) is 13.2 Å². The molecule has 1 aliphatic rings.